The maximum Gasteiger partial charge on any atom is 0.323 e. The molecule has 282 valence electrons. The first kappa shape index (κ1) is 35.6. The number of benzene rings is 4. The lowest BCUT2D eigenvalue weighted by molar-refractivity contribution is 0.0650. The molecule has 0 aliphatic heterocycles. The van der Waals surface area contributed by atoms with Crippen molar-refractivity contribution in [2.75, 3.05) is 21.3 Å². The second-order valence-corrected chi connectivity index (χ2v) is 14.2. The van der Waals surface area contributed by atoms with Gasteiger partial charge >= 0.3 is 11.4 Å². The van der Waals surface area contributed by atoms with Crippen LogP contribution in [-0.2, 0) is 4.74 Å². The van der Waals surface area contributed by atoms with E-state index in [1.807, 2.05) is 72.8 Å². The molecule has 5 N–H and O–H groups in total. The quantitative estimate of drug-likeness (QED) is 0.123. The maximum absolute atomic E-state index is 12.1. The number of nitrogens with zero attached hydrogens (tertiary/aromatic N) is 4. The van der Waals surface area contributed by atoms with Gasteiger partial charge in [-0.1, -0.05) is 13.8 Å². The highest BCUT2D eigenvalue weighted by Gasteiger charge is 2.28. The molecule has 0 bridgehead atoms. The van der Waals surface area contributed by atoms with E-state index in [0.29, 0.717) is 17.6 Å². The number of methoxy groups -OCH3 is 2. The summed E-state index contributed by atoms with van der Waals surface area (Å²) in [6.07, 6.45) is 4.28. The van der Waals surface area contributed by atoms with Crippen molar-refractivity contribution in [2.45, 2.75) is 57.5 Å². The first-order valence-electron chi connectivity index (χ1n) is 18.4. The van der Waals surface area contributed by atoms with Crippen LogP contribution in [0.5, 0.6) is 5.75 Å². The van der Waals surface area contributed by atoms with E-state index in [-0.39, 0.29) is 23.2 Å². The van der Waals surface area contributed by atoms with E-state index in [1.165, 1.54) is 0 Å². The van der Waals surface area contributed by atoms with Gasteiger partial charge in [0.2, 0.25) is 0 Å². The molecular formula is C41H43N9O5. The molecule has 1 aliphatic carbocycles. The van der Waals surface area contributed by atoms with Crippen molar-refractivity contribution in [3.8, 4) is 17.1 Å². The Morgan fingerprint density at radius 2 is 1.31 bits per heavy atom. The molecule has 0 spiro atoms. The largest absolute Gasteiger partial charge is 0.497 e. The highest BCUT2D eigenvalue weighted by atomic mass is 16.5. The highest BCUT2D eigenvalue weighted by Crippen LogP contribution is 2.37. The molecule has 1 saturated carbocycles. The summed E-state index contributed by atoms with van der Waals surface area (Å²) in [5.41, 5.74) is 8.77. The summed E-state index contributed by atoms with van der Waals surface area (Å²) in [5, 5.41) is 2.67. The first-order chi connectivity index (χ1) is 26.6. The van der Waals surface area contributed by atoms with Crippen LogP contribution >= 0.6 is 0 Å². The fraction of sp³-hybridized carbons (Fsp3) is 0.293. The molecule has 14 nitrogen and oxygen atoms in total. The fourth-order valence-electron chi connectivity index (χ4n) is 7.67. The third kappa shape index (κ3) is 6.69. The number of amides is 1. The summed E-state index contributed by atoms with van der Waals surface area (Å²) in [4.78, 5) is 56.3. The molecule has 0 unspecified atom stereocenters. The average molecular weight is 742 g/mol. The summed E-state index contributed by atoms with van der Waals surface area (Å²) < 4.78 is 15.1. The molecule has 4 aromatic carbocycles. The van der Waals surface area contributed by atoms with Crippen molar-refractivity contribution in [1.82, 2.24) is 44.4 Å². The van der Waals surface area contributed by atoms with Crippen molar-refractivity contribution in [3.05, 3.63) is 111 Å². The lowest BCUT2D eigenvalue weighted by Gasteiger charge is -2.27. The number of nitrogens with one attached hydrogen (secondary N) is 5. The molecule has 9 rings (SSSR count). The summed E-state index contributed by atoms with van der Waals surface area (Å²) in [5.74, 6) is 3.15. The minimum Gasteiger partial charge on any atom is -0.497 e. The van der Waals surface area contributed by atoms with Crippen molar-refractivity contribution in [3.63, 3.8) is 0 Å². The molecule has 1 fully saturated rings. The monoisotopic (exact) mass is 741 g/mol. The van der Waals surface area contributed by atoms with Gasteiger partial charge in [-0.3, -0.25) is 13.9 Å². The number of carbonyl (C=O) groups is 1. The van der Waals surface area contributed by atoms with Gasteiger partial charge < -0.3 is 34.7 Å². The molecule has 4 heterocycles. The lowest BCUT2D eigenvalue weighted by Crippen LogP contribution is -2.21. The molecule has 0 radical (unpaired) electrons. The zero-order chi connectivity index (χ0) is 38.4. The predicted molar refractivity (Wildman–Crippen MR) is 213 cm³/mol. The van der Waals surface area contributed by atoms with Crippen LogP contribution in [0, 0.1) is 0 Å². The number of imidazole rings is 4. The van der Waals surface area contributed by atoms with E-state index >= 15 is 0 Å². The molecule has 14 heteroatoms. The summed E-state index contributed by atoms with van der Waals surface area (Å²) in [6.45, 7) is 4.23. The molecule has 8 aromatic rings. The van der Waals surface area contributed by atoms with Gasteiger partial charge in [-0.25, -0.2) is 19.6 Å². The Kier molecular flexibility index (Phi) is 9.35. The smallest absolute Gasteiger partial charge is 0.323 e. The third-order valence-electron chi connectivity index (χ3n) is 10.5. The van der Waals surface area contributed by atoms with Gasteiger partial charge in [0, 0.05) is 49.0 Å². The molecule has 4 aromatic heterocycles. The zero-order valence-electron chi connectivity index (χ0n) is 31.3. The van der Waals surface area contributed by atoms with E-state index in [4.69, 9.17) is 19.4 Å². The van der Waals surface area contributed by atoms with Gasteiger partial charge in [0.15, 0.2) is 0 Å². The van der Waals surface area contributed by atoms with Crippen molar-refractivity contribution in [2.24, 2.45) is 0 Å². The van der Waals surface area contributed by atoms with Gasteiger partial charge in [-0.05, 0) is 92.4 Å². The van der Waals surface area contributed by atoms with Gasteiger partial charge in [0.05, 0.1) is 57.3 Å². The Hall–Kier alpha value is -6.41. The molecule has 0 atom stereocenters. The number of aromatic nitrogens is 8. The van der Waals surface area contributed by atoms with E-state index in [9.17, 15) is 14.4 Å². The zero-order valence-corrected chi connectivity index (χ0v) is 31.3. The number of hydrogen-bond acceptors (Lipinski definition) is 7. The van der Waals surface area contributed by atoms with Crippen LogP contribution < -0.4 is 21.4 Å². The highest BCUT2D eigenvalue weighted by molar-refractivity contribution is 5.97. The van der Waals surface area contributed by atoms with Crippen molar-refractivity contribution >= 4 is 50.0 Å². The Bertz CT molecular complexity index is 2810. The Labute approximate surface area is 314 Å². The van der Waals surface area contributed by atoms with Gasteiger partial charge in [0.1, 0.15) is 17.4 Å². The van der Waals surface area contributed by atoms with Crippen LogP contribution in [0.15, 0.2) is 82.4 Å². The van der Waals surface area contributed by atoms with Crippen LogP contribution in [0.25, 0.3) is 55.5 Å². The van der Waals surface area contributed by atoms with Crippen LogP contribution in [0.1, 0.15) is 73.4 Å². The van der Waals surface area contributed by atoms with Gasteiger partial charge in [0.25, 0.3) is 5.91 Å². The van der Waals surface area contributed by atoms with Gasteiger partial charge in [-0.15, -0.1) is 0 Å². The molecular weight excluding hydrogens is 699 g/mol. The average Bonchev–Trinajstić information content (AvgIpc) is 3.97. The number of fused-ring (bicyclic) bond motifs is 4. The molecule has 1 aliphatic rings. The number of ether oxygens (including phenoxy) is 2. The number of rotatable bonds is 7. The predicted octanol–water partition coefficient (Wildman–Crippen LogP) is 6.55. The van der Waals surface area contributed by atoms with Crippen LogP contribution in [-0.4, -0.2) is 72.3 Å². The lowest BCUT2D eigenvalue weighted by atomic mass is 9.86. The molecule has 0 saturated heterocycles. The topological polar surface area (TPSA) is 180 Å². The minimum atomic E-state index is -0.226. The van der Waals surface area contributed by atoms with E-state index < -0.39 is 0 Å². The second kappa shape index (κ2) is 14.4. The van der Waals surface area contributed by atoms with Crippen molar-refractivity contribution < 1.29 is 14.3 Å². The molecule has 55 heavy (non-hydrogen) atoms. The third-order valence-corrected chi connectivity index (χ3v) is 10.5. The second-order valence-electron chi connectivity index (χ2n) is 14.2. The summed E-state index contributed by atoms with van der Waals surface area (Å²) in [7, 11) is 5.04. The normalized spacial score (nSPS) is 15.9. The van der Waals surface area contributed by atoms with E-state index in [2.05, 4.69) is 48.2 Å². The fourth-order valence-corrected chi connectivity index (χ4v) is 7.67. The number of H-pyrrole nitrogens is 4. The molecule has 1 amide bonds. The maximum atomic E-state index is 12.1. The van der Waals surface area contributed by atoms with Gasteiger partial charge in [-0.2, -0.15) is 0 Å². The SMILES string of the molecule is CNC(=O)c1ccc2c(c1)nc(C1CCC(OC)CC1)n2-c1ccc2[nH]c(=O)[nH]c2c1.COc1ccc2c(c1)nc(C(C)C)n2-c1ccc2[nH]c(=O)[nH]c2c1. The Morgan fingerprint density at radius 1 is 0.727 bits per heavy atom. The minimum absolute atomic E-state index is 0.134. The Balaban J connectivity index is 0.000000160. The first-order valence-corrected chi connectivity index (χ1v) is 18.4. The summed E-state index contributed by atoms with van der Waals surface area (Å²) >= 11 is 0. The number of aromatic amines is 4. The van der Waals surface area contributed by atoms with E-state index in [0.717, 1.165) is 98.6 Å². The van der Waals surface area contributed by atoms with Crippen molar-refractivity contribution in [1.29, 1.82) is 0 Å². The standard InChI is InChI=1S/C23H25N5O3.C18H18N4O2/c1-24-22(29)14-5-10-20-19(11-14)25-21(13-3-7-16(31-2)8-4-13)28(20)15-6-9-17-18(12-15)27-23(30)26-17;1-10(2)17-19-15-9-12(24-3)5-7-16(15)22(17)11-4-6-13-14(8-11)21-18(23)20-13/h5-6,9-13,16H,3-4,7-8H2,1-2H3,(H,24,29)(H2,26,27,30);4-10H,1-3H3,(H2,20,21,23). The van der Waals surface area contributed by atoms with E-state index in [1.54, 1.807) is 21.3 Å². The van der Waals surface area contributed by atoms with Crippen LogP contribution in [0.4, 0.5) is 0 Å². The van der Waals surface area contributed by atoms with Crippen LogP contribution in [0.2, 0.25) is 0 Å². The number of carbonyl (C=O) groups excluding carboxylic acids is 1. The Morgan fingerprint density at radius 3 is 1.91 bits per heavy atom. The van der Waals surface area contributed by atoms with Crippen LogP contribution in [0.3, 0.4) is 0 Å². The number of hydrogen-bond donors (Lipinski definition) is 5. The summed E-state index contributed by atoms with van der Waals surface area (Å²) in [6, 6.07) is 23.2.